The minimum atomic E-state index is -0.737. The molecule has 0 radical (unpaired) electrons. The maximum atomic E-state index is 12.9. The second kappa shape index (κ2) is 10.2. The molecule has 0 amide bonds. The highest BCUT2D eigenvalue weighted by molar-refractivity contribution is 7.99. The molecule has 1 unspecified atom stereocenters. The summed E-state index contributed by atoms with van der Waals surface area (Å²) in [5, 5.41) is 21.0. The van der Waals surface area contributed by atoms with E-state index in [2.05, 4.69) is 30.6 Å². The Morgan fingerprint density at radius 1 is 1.26 bits per heavy atom. The second-order valence-electron chi connectivity index (χ2n) is 8.41. The number of ether oxygens (including phenoxy) is 1. The van der Waals surface area contributed by atoms with Gasteiger partial charge in [0.05, 0.1) is 17.0 Å². The van der Waals surface area contributed by atoms with Crippen LogP contribution in [0.15, 0.2) is 59.0 Å². The zero-order valence-corrected chi connectivity index (χ0v) is 20.9. The van der Waals surface area contributed by atoms with E-state index in [1.165, 1.54) is 11.8 Å². The first kappa shape index (κ1) is 24.3. The van der Waals surface area contributed by atoms with Crippen LogP contribution in [0.5, 0.6) is 5.75 Å². The van der Waals surface area contributed by atoms with E-state index in [0.717, 1.165) is 22.4 Å². The van der Waals surface area contributed by atoms with Crippen molar-refractivity contribution in [3.63, 3.8) is 0 Å². The molecule has 4 aromatic rings. The lowest BCUT2D eigenvalue weighted by Crippen LogP contribution is -2.23. The van der Waals surface area contributed by atoms with E-state index >= 15 is 0 Å². The molecule has 178 valence electrons. The van der Waals surface area contributed by atoms with E-state index in [0.29, 0.717) is 33.6 Å². The Hall–Kier alpha value is -2.81. The number of nitrogens with zero attached hydrogens (tertiary/aromatic N) is 4. The Bertz CT molecular complexity index is 1410. The number of para-hydroxylation sites is 1. The fourth-order valence-electron chi connectivity index (χ4n) is 3.77. The van der Waals surface area contributed by atoms with Gasteiger partial charge < -0.3 is 9.84 Å². The van der Waals surface area contributed by atoms with Gasteiger partial charge in [-0.15, -0.1) is 16.8 Å². The molecule has 0 fully saturated rings. The van der Waals surface area contributed by atoms with Crippen LogP contribution in [-0.4, -0.2) is 42.7 Å². The maximum Gasteiger partial charge on any atom is 0.263 e. The Balaban J connectivity index is 1.55. The first-order valence-electron chi connectivity index (χ1n) is 11.0. The first-order valence-corrected chi connectivity index (χ1v) is 12.4. The fraction of sp³-hybridized carbons (Fsp3) is 0.320. The molecule has 2 aromatic heterocycles. The van der Waals surface area contributed by atoms with Crippen LogP contribution in [0.1, 0.15) is 30.9 Å². The molecule has 0 saturated carbocycles. The lowest BCUT2D eigenvalue weighted by atomic mass is 10.0. The Morgan fingerprint density at radius 3 is 2.76 bits per heavy atom. The summed E-state index contributed by atoms with van der Waals surface area (Å²) in [6, 6.07) is 11.2. The number of aliphatic hydroxyl groups is 1. The van der Waals surface area contributed by atoms with Crippen LogP contribution in [0.4, 0.5) is 0 Å². The molecule has 34 heavy (non-hydrogen) atoms. The Kier molecular flexibility index (Phi) is 7.30. The molecule has 0 aliphatic heterocycles. The van der Waals surface area contributed by atoms with Crippen molar-refractivity contribution in [2.24, 2.45) is 0 Å². The van der Waals surface area contributed by atoms with Gasteiger partial charge in [0, 0.05) is 17.3 Å². The SMILES string of the molecule is C=CCn1c(=O)c2ccccc2n2c(SCC(O)COc3cc(C)c(Cl)cc3C(C)C)nnc12. The third-order valence-corrected chi connectivity index (χ3v) is 7.02. The highest BCUT2D eigenvalue weighted by Gasteiger charge is 2.18. The molecule has 0 spiro atoms. The Morgan fingerprint density at radius 2 is 2.03 bits per heavy atom. The van der Waals surface area contributed by atoms with Crippen LogP contribution in [0, 0.1) is 6.92 Å². The summed E-state index contributed by atoms with van der Waals surface area (Å²) in [4.78, 5) is 12.9. The second-order valence-corrected chi connectivity index (χ2v) is 9.80. The van der Waals surface area contributed by atoms with Gasteiger partial charge >= 0.3 is 0 Å². The lowest BCUT2D eigenvalue weighted by Gasteiger charge is -2.18. The van der Waals surface area contributed by atoms with Gasteiger partial charge in [-0.05, 0) is 48.2 Å². The number of hydrogen-bond acceptors (Lipinski definition) is 6. The number of fused-ring (bicyclic) bond motifs is 3. The molecule has 2 aromatic carbocycles. The number of aliphatic hydroxyl groups excluding tert-OH is 1. The summed E-state index contributed by atoms with van der Waals surface area (Å²) < 4.78 is 9.36. The van der Waals surface area contributed by atoms with Gasteiger partial charge in [0.15, 0.2) is 5.16 Å². The zero-order valence-electron chi connectivity index (χ0n) is 19.4. The van der Waals surface area contributed by atoms with Crippen molar-refractivity contribution in [3.05, 3.63) is 75.6 Å². The number of benzene rings is 2. The van der Waals surface area contributed by atoms with E-state index in [1.54, 1.807) is 16.7 Å². The summed E-state index contributed by atoms with van der Waals surface area (Å²) in [5.41, 5.74) is 2.52. The van der Waals surface area contributed by atoms with E-state index in [4.69, 9.17) is 16.3 Å². The molecule has 0 aliphatic rings. The molecule has 9 heteroatoms. The normalized spacial score (nSPS) is 12.5. The van der Waals surface area contributed by atoms with Crippen molar-refractivity contribution in [1.29, 1.82) is 0 Å². The van der Waals surface area contributed by atoms with Crippen molar-refractivity contribution >= 4 is 40.0 Å². The highest BCUT2D eigenvalue weighted by Crippen LogP contribution is 2.32. The fourth-order valence-corrected chi connectivity index (χ4v) is 4.79. The standard InChI is InChI=1S/C25H27ClN4O3S/c1-5-10-29-23(32)18-8-6-7-9-21(18)30-24(29)27-28-25(30)34-14-17(31)13-33-22-11-16(4)20(26)12-19(22)15(2)3/h5-9,11-12,15,17,31H,1,10,13-14H2,2-4H3. The van der Waals surface area contributed by atoms with Crippen LogP contribution in [0.3, 0.4) is 0 Å². The van der Waals surface area contributed by atoms with Crippen LogP contribution in [-0.2, 0) is 6.54 Å². The summed E-state index contributed by atoms with van der Waals surface area (Å²) in [6.07, 6.45) is 0.918. The number of aromatic nitrogens is 4. The van der Waals surface area contributed by atoms with Crippen molar-refractivity contribution in [2.75, 3.05) is 12.4 Å². The predicted molar refractivity (Wildman–Crippen MR) is 137 cm³/mol. The van der Waals surface area contributed by atoms with Crippen LogP contribution in [0.2, 0.25) is 5.02 Å². The lowest BCUT2D eigenvalue weighted by molar-refractivity contribution is 0.125. The molecular formula is C25H27ClN4O3S. The van der Waals surface area contributed by atoms with Crippen molar-refractivity contribution in [1.82, 2.24) is 19.2 Å². The van der Waals surface area contributed by atoms with Gasteiger partial charge in [0.25, 0.3) is 5.56 Å². The monoisotopic (exact) mass is 498 g/mol. The largest absolute Gasteiger partial charge is 0.491 e. The average Bonchev–Trinajstić information content (AvgIpc) is 3.24. The number of thioether (sulfide) groups is 1. The molecule has 7 nitrogen and oxygen atoms in total. The summed E-state index contributed by atoms with van der Waals surface area (Å²) >= 11 is 7.64. The van der Waals surface area contributed by atoms with Crippen molar-refractivity contribution < 1.29 is 9.84 Å². The minimum Gasteiger partial charge on any atom is -0.491 e. The van der Waals surface area contributed by atoms with Gasteiger partial charge in [0.1, 0.15) is 12.4 Å². The smallest absolute Gasteiger partial charge is 0.263 e. The number of allylic oxidation sites excluding steroid dienone is 1. The molecule has 0 saturated heterocycles. The van der Waals surface area contributed by atoms with E-state index < -0.39 is 6.10 Å². The van der Waals surface area contributed by atoms with Crippen molar-refractivity contribution in [2.45, 2.75) is 44.5 Å². The summed E-state index contributed by atoms with van der Waals surface area (Å²) in [7, 11) is 0. The molecule has 4 rings (SSSR count). The molecule has 2 heterocycles. The summed E-state index contributed by atoms with van der Waals surface area (Å²) in [6.45, 7) is 10.3. The van der Waals surface area contributed by atoms with Gasteiger partial charge in [-0.25, -0.2) is 0 Å². The van der Waals surface area contributed by atoms with Gasteiger partial charge in [0.2, 0.25) is 5.78 Å². The summed E-state index contributed by atoms with van der Waals surface area (Å²) in [5.74, 6) is 1.76. The van der Waals surface area contributed by atoms with Crippen LogP contribution in [0.25, 0.3) is 16.7 Å². The molecule has 1 atom stereocenters. The topological polar surface area (TPSA) is 81.7 Å². The highest BCUT2D eigenvalue weighted by atomic mass is 35.5. The predicted octanol–water partition coefficient (Wildman–Crippen LogP) is 4.85. The van der Waals surface area contributed by atoms with Gasteiger partial charge in [-0.2, -0.15) is 0 Å². The first-order chi connectivity index (χ1) is 16.3. The third-order valence-electron chi connectivity index (χ3n) is 5.54. The van der Waals surface area contributed by atoms with Crippen molar-refractivity contribution in [3.8, 4) is 5.75 Å². The minimum absolute atomic E-state index is 0.131. The molecule has 0 bridgehead atoms. The van der Waals surface area contributed by atoms with Crippen LogP contribution >= 0.6 is 23.4 Å². The average molecular weight is 499 g/mol. The maximum absolute atomic E-state index is 12.9. The molecular weight excluding hydrogens is 472 g/mol. The number of rotatable bonds is 9. The van der Waals surface area contributed by atoms with Gasteiger partial charge in [-0.1, -0.05) is 55.4 Å². The number of halogens is 1. The Labute approximate surface area is 207 Å². The quantitative estimate of drug-likeness (QED) is 0.262. The molecule has 0 aliphatic carbocycles. The van der Waals surface area contributed by atoms with E-state index in [1.807, 2.05) is 41.7 Å². The van der Waals surface area contributed by atoms with Gasteiger partial charge in [-0.3, -0.25) is 13.8 Å². The third kappa shape index (κ3) is 4.71. The van der Waals surface area contributed by atoms with Crippen LogP contribution < -0.4 is 10.3 Å². The number of aryl methyl sites for hydroxylation is 1. The molecule has 1 N–H and O–H groups in total. The van der Waals surface area contributed by atoms with E-state index in [9.17, 15) is 9.90 Å². The zero-order chi connectivity index (χ0) is 24.4. The number of hydrogen-bond donors (Lipinski definition) is 1. The van der Waals surface area contributed by atoms with E-state index in [-0.39, 0.29) is 18.1 Å².